The SMILES string of the molecule is CCCCCC(C)(C)N(c1ccccc1)c1cccc2ccccc12. The van der Waals surface area contributed by atoms with Gasteiger partial charge in [0.15, 0.2) is 0 Å². The normalized spacial score (nSPS) is 11.6. The maximum atomic E-state index is 2.53. The van der Waals surface area contributed by atoms with Crippen LogP contribution in [0.4, 0.5) is 11.4 Å². The largest absolute Gasteiger partial charge is 0.335 e. The van der Waals surface area contributed by atoms with Crippen LogP contribution in [0, 0.1) is 0 Å². The molecule has 0 aromatic heterocycles. The first-order chi connectivity index (χ1) is 12.1. The summed E-state index contributed by atoms with van der Waals surface area (Å²) in [5.41, 5.74) is 2.62. The lowest BCUT2D eigenvalue weighted by atomic mass is 9.92. The highest BCUT2D eigenvalue weighted by atomic mass is 15.2. The minimum absolute atomic E-state index is 0.0562. The molecule has 0 spiro atoms. The van der Waals surface area contributed by atoms with Gasteiger partial charge in [0.1, 0.15) is 0 Å². The molecule has 0 unspecified atom stereocenters. The second kappa shape index (κ2) is 7.74. The summed E-state index contributed by atoms with van der Waals surface area (Å²) in [6.07, 6.45) is 4.99. The summed E-state index contributed by atoms with van der Waals surface area (Å²) in [4.78, 5) is 2.53. The fraction of sp³-hybridized carbons (Fsp3) is 0.333. The van der Waals surface area contributed by atoms with Crippen molar-refractivity contribution in [2.24, 2.45) is 0 Å². The number of para-hydroxylation sites is 1. The van der Waals surface area contributed by atoms with Gasteiger partial charge in [-0.25, -0.2) is 0 Å². The molecule has 0 saturated heterocycles. The zero-order valence-corrected chi connectivity index (χ0v) is 15.7. The van der Waals surface area contributed by atoms with E-state index >= 15 is 0 Å². The monoisotopic (exact) mass is 331 g/mol. The van der Waals surface area contributed by atoms with Crippen molar-refractivity contribution in [1.82, 2.24) is 0 Å². The van der Waals surface area contributed by atoms with E-state index < -0.39 is 0 Å². The molecule has 1 heteroatoms. The smallest absolute Gasteiger partial charge is 0.0495 e. The Morgan fingerprint density at radius 2 is 1.44 bits per heavy atom. The van der Waals surface area contributed by atoms with E-state index in [0.717, 1.165) is 0 Å². The minimum Gasteiger partial charge on any atom is -0.335 e. The first-order valence-corrected chi connectivity index (χ1v) is 9.46. The van der Waals surface area contributed by atoms with Gasteiger partial charge in [-0.3, -0.25) is 0 Å². The third-order valence-corrected chi connectivity index (χ3v) is 5.02. The number of rotatable bonds is 7. The molecule has 3 aromatic rings. The number of hydrogen-bond donors (Lipinski definition) is 0. The Bertz CT molecular complexity index is 799. The highest BCUT2D eigenvalue weighted by Gasteiger charge is 2.28. The summed E-state index contributed by atoms with van der Waals surface area (Å²) >= 11 is 0. The molecule has 0 bridgehead atoms. The zero-order chi connectivity index (χ0) is 17.7. The average Bonchev–Trinajstić information content (AvgIpc) is 2.63. The molecule has 25 heavy (non-hydrogen) atoms. The maximum absolute atomic E-state index is 2.53. The highest BCUT2D eigenvalue weighted by molar-refractivity contribution is 5.96. The maximum Gasteiger partial charge on any atom is 0.0495 e. The van der Waals surface area contributed by atoms with Crippen molar-refractivity contribution in [3.05, 3.63) is 72.8 Å². The van der Waals surface area contributed by atoms with Crippen LogP contribution in [0.3, 0.4) is 0 Å². The minimum atomic E-state index is 0.0562. The van der Waals surface area contributed by atoms with Gasteiger partial charge in [-0.2, -0.15) is 0 Å². The van der Waals surface area contributed by atoms with Crippen molar-refractivity contribution < 1.29 is 0 Å². The molecule has 0 aliphatic heterocycles. The second-order valence-corrected chi connectivity index (χ2v) is 7.44. The van der Waals surface area contributed by atoms with E-state index in [-0.39, 0.29) is 5.54 Å². The van der Waals surface area contributed by atoms with Gasteiger partial charge in [-0.1, -0.05) is 80.8 Å². The number of fused-ring (bicyclic) bond motifs is 1. The number of anilines is 2. The lowest BCUT2D eigenvalue weighted by Gasteiger charge is -2.41. The Balaban J connectivity index is 2.11. The fourth-order valence-corrected chi connectivity index (χ4v) is 3.71. The Kier molecular flexibility index (Phi) is 5.43. The Labute approximate surface area is 152 Å². The summed E-state index contributed by atoms with van der Waals surface area (Å²) < 4.78 is 0. The number of unbranched alkanes of at least 4 members (excludes halogenated alkanes) is 2. The Hall–Kier alpha value is -2.28. The van der Waals surface area contributed by atoms with Gasteiger partial charge in [0.25, 0.3) is 0 Å². The number of nitrogens with zero attached hydrogens (tertiary/aromatic N) is 1. The van der Waals surface area contributed by atoms with Crippen LogP contribution >= 0.6 is 0 Å². The summed E-state index contributed by atoms with van der Waals surface area (Å²) in [5.74, 6) is 0. The van der Waals surface area contributed by atoms with Gasteiger partial charge in [-0.05, 0) is 43.9 Å². The van der Waals surface area contributed by atoms with E-state index in [4.69, 9.17) is 0 Å². The molecule has 0 heterocycles. The standard InChI is InChI=1S/C24H29N/c1-4-5-11-19-24(2,3)25(21-15-7-6-8-16-21)23-18-12-14-20-13-9-10-17-22(20)23/h6-10,12-18H,4-5,11,19H2,1-3H3. The molecule has 0 aliphatic rings. The van der Waals surface area contributed by atoms with Gasteiger partial charge in [-0.15, -0.1) is 0 Å². The van der Waals surface area contributed by atoms with E-state index in [1.807, 2.05) is 0 Å². The van der Waals surface area contributed by atoms with Crippen LogP contribution in [-0.4, -0.2) is 5.54 Å². The fourth-order valence-electron chi connectivity index (χ4n) is 3.71. The molecule has 0 atom stereocenters. The van der Waals surface area contributed by atoms with E-state index in [9.17, 15) is 0 Å². The van der Waals surface area contributed by atoms with Crippen LogP contribution in [0.1, 0.15) is 46.5 Å². The molecule has 0 aliphatic carbocycles. The lowest BCUT2D eigenvalue weighted by molar-refractivity contribution is 0.440. The van der Waals surface area contributed by atoms with Gasteiger partial charge in [0.2, 0.25) is 0 Å². The Morgan fingerprint density at radius 1 is 0.760 bits per heavy atom. The van der Waals surface area contributed by atoms with Gasteiger partial charge in [0, 0.05) is 22.3 Å². The Morgan fingerprint density at radius 3 is 2.20 bits per heavy atom. The van der Waals surface area contributed by atoms with E-state index in [1.165, 1.54) is 47.8 Å². The van der Waals surface area contributed by atoms with E-state index in [1.54, 1.807) is 0 Å². The van der Waals surface area contributed by atoms with Crippen molar-refractivity contribution in [3.63, 3.8) is 0 Å². The predicted molar refractivity (Wildman–Crippen MR) is 111 cm³/mol. The van der Waals surface area contributed by atoms with Crippen molar-refractivity contribution >= 4 is 22.1 Å². The molecular formula is C24H29N. The van der Waals surface area contributed by atoms with Crippen LogP contribution < -0.4 is 4.90 Å². The summed E-state index contributed by atoms with van der Waals surface area (Å²) in [6, 6.07) is 26.1. The van der Waals surface area contributed by atoms with E-state index in [2.05, 4.69) is 98.5 Å². The molecule has 0 fully saturated rings. The summed E-state index contributed by atoms with van der Waals surface area (Å²) in [6.45, 7) is 7.02. The summed E-state index contributed by atoms with van der Waals surface area (Å²) in [7, 11) is 0. The second-order valence-electron chi connectivity index (χ2n) is 7.44. The third-order valence-electron chi connectivity index (χ3n) is 5.02. The summed E-state index contributed by atoms with van der Waals surface area (Å²) in [5, 5.41) is 2.61. The topological polar surface area (TPSA) is 3.24 Å². The molecule has 0 saturated carbocycles. The predicted octanol–water partition coefficient (Wildman–Crippen LogP) is 7.34. The lowest BCUT2D eigenvalue weighted by Crippen LogP contribution is -2.40. The van der Waals surface area contributed by atoms with Crippen LogP contribution in [-0.2, 0) is 0 Å². The molecule has 3 aromatic carbocycles. The van der Waals surface area contributed by atoms with Crippen molar-refractivity contribution in [2.45, 2.75) is 52.0 Å². The molecule has 0 amide bonds. The molecule has 0 N–H and O–H groups in total. The van der Waals surface area contributed by atoms with Gasteiger partial charge in [0.05, 0.1) is 0 Å². The van der Waals surface area contributed by atoms with Crippen LogP contribution in [0.25, 0.3) is 10.8 Å². The third kappa shape index (κ3) is 3.87. The molecular weight excluding hydrogens is 302 g/mol. The highest BCUT2D eigenvalue weighted by Crippen LogP contribution is 2.39. The average molecular weight is 332 g/mol. The number of hydrogen-bond acceptors (Lipinski definition) is 1. The van der Waals surface area contributed by atoms with Crippen molar-refractivity contribution in [1.29, 1.82) is 0 Å². The van der Waals surface area contributed by atoms with Crippen LogP contribution in [0.5, 0.6) is 0 Å². The number of benzene rings is 3. The van der Waals surface area contributed by atoms with Crippen molar-refractivity contribution in [2.75, 3.05) is 4.90 Å². The molecule has 130 valence electrons. The van der Waals surface area contributed by atoms with Crippen LogP contribution in [0.15, 0.2) is 72.8 Å². The zero-order valence-electron chi connectivity index (χ0n) is 15.7. The molecule has 1 nitrogen and oxygen atoms in total. The van der Waals surface area contributed by atoms with Crippen molar-refractivity contribution in [3.8, 4) is 0 Å². The van der Waals surface area contributed by atoms with E-state index in [0.29, 0.717) is 0 Å². The first-order valence-electron chi connectivity index (χ1n) is 9.46. The molecule has 3 rings (SSSR count). The molecule has 0 radical (unpaired) electrons. The van der Waals surface area contributed by atoms with Gasteiger partial charge >= 0.3 is 0 Å². The van der Waals surface area contributed by atoms with Gasteiger partial charge < -0.3 is 4.90 Å². The first kappa shape index (κ1) is 17.5. The van der Waals surface area contributed by atoms with Crippen LogP contribution in [0.2, 0.25) is 0 Å². The quantitative estimate of drug-likeness (QED) is 0.409.